The second-order valence-electron chi connectivity index (χ2n) is 5.88. The number of anilines is 1. The second kappa shape index (κ2) is 8.52. The summed E-state index contributed by atoms with van der Waals surface area (Å²) in [5.74, 6) is -0.820. The molecule has 3 rings (SSSR count). The third-order valence-corrected chi connectivity index (χ3v) is 5.02. The van der Waals surface area contributed by atoms with Gasteiger partial charge in [0, 0.05) is 37.0 Å². The van der Waals surface area contributed by atoms with E-state index in [1.54, 1.807) is 29.8 Å². The summed E-state index contributed by atoms with van der Waals surface area (Å²) in [7, 11) is 3.23. The molecule has 0 atom stereocenters. The lowest BCUT2D eigenvalue weighted by atomic mass is 10.1. The SMILES string of the molecule is CNC(=O)c1cccc(NC(=O)c2ccc(Sc3nncn3C)c([N+](=O)[O-])c2)c1. The van der Waals surface area contributed by atoms with Crippen molar-refractivity contribution in [3.05, 3.63) is 70.0 Å². The van der Waals surface area contributed by atoms with E-state index in [0.29, 0.717) is 21.3 Å². The number of carbonyl (C=O) groups excluding carboxylic acids is 2. The van der Waals surface area contributed by atoms with Crippen LogP contribution in [0.2, 0.25) is 0 Å². The molecular formula is C18H16N6O4S. The van der Waals surface area contributed by atoms with Gasteiger partial charge >= 0.3 is 0 Å². The Balaban J connectivity index is 1.84. The van der Waals surface area contributed by atoms with E-state index in [0.717, 1.165) is 11.8 Å². The fourth-order valence-corrected chi connectivity index (χ4v) is 3.29. The number of aryl methyl sites for hydroxylation is 1. The summed E-state index contributed by atoms with van der Waals surface area (Å²) >= 11 is 1.08. The Morgan fingerprint density at radius 2 is 1.90 bits per heavy atom. The molecule has 0 unspecified atom stereocenters. The summed E-state index contributed by atoms with van der Waals surface area (Å²) in [6, 6.07) is 10.6. The van der Waals surface area contributed by atoms with Gasteiger partial charge in [-0.1, -0.05) is 6.07 Å². The van der Waals surface area contributed by atoms with Gasteiger partial charge in [0.05, 0.1) is 9.82 Å². The van der Waals surface area contributed by atoms with E-state index in [9.17, 15) is 19.7 Å². The molecule has 0 aliphatic heterocycles. The van der Waals surface area contributed by atoms with Crippen molar-refractivity contribution in [1.82, 2.24) is 20.1 Å². The van der Waals surface area contributed by atoms with Crippen molar-refractivity contribution >= 4 is 35.0 Å². The molecule has 29 heavy (non-hydrogen) atoms. The van der Waals surface area contributed by atoms with Crippen molar-refractivity contribution in [1.29, 1.82) is 0 Å². The van der Waals surface area contributed by atoms with Gasteiger partial charge in [0.25, 0.3) is 17.5 Å². The van der Waals surface area contributed by atoms with Gasteiger partial charge in [-0.15, -0.1) is 10.2 Å². The van der Waals surface area contributed by atoms with Crippen molar-refractivity contribution in [3.8, 4) is 0 Å². The summed E-state index contributed by atoms with van der Waals surface area (Å²) < 4.78 is 1.63. The molecule has 0 saturated heterocycles. The topological polar surface area (TPSA) is 132 Å². The largest absolute Gasteiger partial charge is 0.355 e. The van der Waals surface area contributed by atoms with Crippen LogP contribution in [0.25, 0.3) is 0 Å². The standard InChI is InChI=1S/C18H16N6O4S/c1-19-16(25)11-4-3-5-13(8-11)21-17(26)12-6-7-15(14(9-12)24(27)28)29-18-22-20-10-23(18)2/h3-10H,1-2H3,(H,19,25)(H,21,26). The van der Waals surface area contributed by atoms with Gasteiger partial charge in [-0.2, -0.15) is 0 Å². The average molecular weight is 412 g/mol. The molecule has 148 valence electrons. The second-order valence-corrected chi connectivity index (χ2v) is 6.89. The van der Waals surface area contributed by atoms with Crippen LogP contribution >= 0.6 is 11.8 Å². The molecule has 0 radical (unpaired) electrons. The first kappa shape index (κ1) is 20.0. The first-order chi connectivity index (χ1) is 13.9. The molecule has 0 spiro atoms. The van der Waals surface area contributed by atoms with Gasteiger partial charge < -0.3 is 15.2 Å². The van der Waals surface area contributed by atoms with Gasteiger partial charge in [0.1, 0.15) is 6.33 Å². The summed E-state index contributed by atoms with van der Waals surface area (Å²) in [4.78, 5) is 35.6. The maximum absolute atomic E-state index is 12.6. The zero-order chi connectivity index (χ0) is 21.0. The monoisotopic (exact) mass is 412 g/mol. The lowest BCUT2D eigenvalue weighted by Crippen LogP contribution is -2.18. The zero-order valence-electron chi connectivity index (χ0n) is 15.4. The van der Waals surface area contributed by atoms with Gasteiger partial charge in [-0.25, -0.2) is 0 Å². The molecule has 1 heterocycles. The predicted molar refractivity (Wildman–Crippen MR) is 106 cm³/mol. The van der Waals surface area contributed by atoms with Crippen molar-refractivity contribution in [2.75, 3.05) is 12.4 Å². The highest BCUT2D eigenvalue weighted by Gasteiger charge is 2.20. The number of benzene rings is 2. The van der Waals surface area contributed by atoms with Crippen molar-refractivity contribution in [3.63, 3.8) is 0 Å². The molecule has 2 aromatic carbocycles. The normalized spacial score (nSPS) is 10.4. The van der Waals surface area contributed by atoms with E-state index < -0.39 is 10.8 Å². The van der Waals surface area contributed by atoms with Gasteiger partial charge in [0.2, 0.25) is 0 Å². The molecule has 0 fully saturated rings. The van der Waals surface area contributed by atoms with Gasteiger partial charge in [-0.3, -0.25) is 19.7 Å². The minimum atomic E-state index is -0.554. The summed E-state index contributed by atoms with van der Waals surface area (Å²) in [5, 5.41) is 24.8. The number of hydrogen-bond acceptors (Lipinski definition) is 7. The Bertz CT molecular complexity index is 1100. The number of nitrogens with one attached hydrogen (secondary N) is 2. The molecule has 0 aliphatic carbocycles. The van der Waals surface area contributed by atoms with Gasteiger partial charge in [0.15, 0.2) is 5.16 Å². The Kier molecular flexibility index (Phi) is 5.88. The van der Waals surface area contributed by atoms with E-state index in [-0.39, 0.29) is 17.2 Å². The zero-order valence-corrected chi connectivity index (χ0v) is 16.3. The number of aromatic nitrogens is 3. The van der Waals surface area contributed by atoms with Crippen molar-refractivity contribution in [2.45, 2.75) is 10.1 Å². The third kappa shape index (κ3) is 4.58. The Morgan fingerprint density at radius 1 is 1.14 bits per heavy atom. The molecule has 0 bridgehead atoms. The number of nitro benzene ring substituents is 1. The maximum Gasteiger partial charge on any atom is 0.284 e. The number of nitrogens with zero attached hydrogens (tertiary/aromatic N) is 4. The van der Waals surface area contributed by atoms with Gasteiger partial charge in [-0.05, 0) is 42.1 Å². The molecule has 2 N–H and O–H groups in total. The van der Waals surface area contributed by atoms with Crippen LogP contribution in [0.15, 0.2) is 58.8 Å². The molecular weight excluding hydrogens is 396 g/mol. The minimum Gasteiger partial charge on any atom is -0.355 e. The van der Waals surface area contributed by atoms with Crippen LogP contribution in [0.4, 0.5) is 11.4 Å². The lowest BCUT2D eigenvalue weighted by Gasteiger charge is -2.08. The third-order valence-electron chi connectivity index (χ3n) is 3.90. The van der Waals surface area contributed by atoms with E-state index >= 15 is 0 Å². The molecule has 0 aliphatic rings. The molecule has 10 nitrogen and oxygen atoms in total. The first-order valence-corrected chi connectivity index (χ1v) is 9.14. The fraction of sp³-hybridized carbons (Fsp3) is 0.111. The minimum absolute atomic E-state index is 0.115. The van der Waals surface area contributed by atoms with E-state index in [1.165, 1.54) is 37.6 Å². The number of nitro groups is 1. The van der Waals surface area contributed by atoms with Crippen LogP contribution in [-0.2, 0) is 7.05 Å². The summed E-state index contributed by atoms with van der Waals surface area (Å²) in [6.45, 7) is 0. The number of amides is 2. The molecule has 0 saturated carbocycles. The quantitative estimate of drug-likeness (QED) is 0.469. The highest BCUT2D eigenvalue weighted by Crippen LogP contribution is 2.34. The highest BCUT2D eigenvalue weighted by atomic mass is 32.2. The summed E-state index contributed by atoms with van der Waals surface area (Å²) in [6.07, 6.45) is 1.49. The highest BCUT2D eigenvalue weighted by molar-refractivity contribution is 7.99. The maximum atomic E-state index is 12.6. The van der Waals surface area contributed by atoms with Crippen LogP contribution in [0, 0.1) is 10.1 Å². The Labute approximate surface area is 169 Å². The molecule has 11 heteroatoms. The Morgan fingerprint density at radius 3 is 2.55 bits per heavy atom. The van der Waals surface area contributed by atoms with Crippen molar-refractivity contribution in [2.24, 2.45) is 7.05 Å². The number of rotatable bonds is 6. The van der Waals surface area contributed by atoms with E-state index in [2.05, 4.69) is 20.8 Å². The van der Waals surface area contributed by atoms with Crippen LogP contribution in [-0.4, -0.2) is 38.5 Å². The average Bonchev–Trinajstić information content (AvgIpc) is 3.12. The fourth-order valence-electron chi connectivity index (χ4n) is 2.44. The van der Waals surface area contributed by atoms with Crippen LogP contribution < -0.4 is 10.6 Å². The summed E-state index contributed by atoms with van der Waals surface area (Å²) in [5.41, 5.74) is 0.678. The Hall–Kier alpha value is -3.73. The predicted octanol–water partition coefficient (Wildman–Crippen LogP) is 2.49. The van der Waals surface area contributed by atoms with Crippen molar-refractivity contribution < 1.29 is 14.5 Å². The first-order valence-electron chi connectivity index (χ1n) is 8.33. The molecule has 3 aromatic rings. The van der Waals surface area contributed by atoms with Crippen LogP contribution in [0.5, 0.6) is 0 Å². The smallest absolute Gasteiger partial charge is 0.284 e. The number of hydrogen-bond donors (Lipinski definition) is 2. The van der Waals surface area contributed by atoms with E-state index in [1.807, 2.05) is 0 Å². The molecule has 2 amide bonds. The van der Waals surface area contributed by atoms with Crippen LogP contribution in [0.3, 0.4) is 0 Å². The van der Waals surface area contributed by atoms with Crippen LogP contribution in [0.1, 0.15) is 20.7 Å². The molecule has 1 aromatic heterocycles. The van der Waals surface area contributed by atoms with E-state index in [4.69, 9.17) is 0 Å². The number of carbonyl (C=O) groups is 2. The lowest BCUT2D eigenvalue weighted by molar-refractivity contribution is -0.387.